The van der Waals surface area contributed by atoms with Gasteiger partial charge in [0, 0.05) is 0 Å². The Bertz CT molecular complexity index is 302. The first-order valence-electron chi connectivity index (χ1n) is 3.36. The number of carbonyl (C=O) groups excluding carboxylic acids is 1. The van der Waals surface area contributed by atoms with Gasteiger partial charge >= 0.3 is 14.1 Å². The Morgan fingerprint density at radius 2 is 2.31 bits per heavy atom. The van der Waals surface area contributed by atoms with Gasteiger partial charge in [-0.25, -0.2) is 0 Å². The van der Waals surface area contributed by atoms with Crippen molar-refractivity contribution in [3.05, 3.63) is 23.7 Å². The van der Waals surface area contributed by atoms with E-state index >= 15 is 0 Å². The first kappa shape index (κ1) is 9.98. The molecule has 0 saturated heterocycles. The summed E-state index contributed by atoms with van der Waals surface area (Å²) in [7, 11) is -4.38. The van der Waals surface area contributed by atoms with Gasteiger partial charge in [0.05, 0.1) is 6.54 Å². The lowest BCUT2D eigenvalue weighted by molar-refractivity contribution is -0.160. The fourth-order valence-corrected chi connectivity index (χ4v) is 1.58. The van der Waals surface area contributed by atoms with Gasteiger partial charge in [-0.1, -0.05) is 12.2 Å². The highest BCUT2D eigenvalue weighted by atomic mass is 31.2. The largest absolute Gasteiger partial charge is 0.375 e. The van der Waals surface area contributed by atoms with Crippen LogP contribution in [0.1, 0.15) is 0 Å². The maximum atomic E-state index is 10.8. The van der Waals surface area contributed by atoms with Crippen LogP contribution in [0.4, 0.5) is 0 Å². The molecule has 0 aromatic rings. The smallest absolute Gasteiger partial charge is 0.344 e. The number of hydrogen-bond acceptors (Lipinski definition) is 4. The molecule has 0 fully saturated rings. The summed E-state index contributed by atoms with van der Waals surface area (Å²) in [5, 5.41) is 0.841. The lowest BCUT2D eigenvalue weighted by Gasteiger charge is -2.24. The Labute approximate surface area is 74.2 Å². The van der Waals surface area contributed by atoms with Gasteiger partial charge in [0.25, 0.3) is 0 Å². The number of carbonyl (C=O) groups is 1. The molecule has 0 amide bonds. The quantitative estimate of drug-likeness (QED) is 0.496. The van der Waals surface area contributed by atoms with E-state index in [0.717, 1.165) is 5.06 Å². The predicted octanol–water partition coefficient (Wildman–Crippen LogP) is -0.0347. The molecule has 0 aromatic carbocycles. The third kappa shape index (κ3) is 2.42. The molecule has 0 atom stereocenters. The molecule has 0 radical (unpaired) electrons. The zero-order valence-electron chi connectivity index (χ0n) is 6.53. The Hall–Kier alpha value is -1.10. The number of hydroxylamine groups is 2. The summed E-state index contributed by atoms with van der Waals surface area (Å²) < 4.78 is 10.8. The third-order valence-electron chi connectivity index (χ3n) is 1.38. The highest BCUT2D eigenvalue weighted by molar-refractivity contribution is 7.56. The lowest BCUT2D eigenvalue weighted by Crippen LogP contribution is -2.24. The van der Waals surface area contributed by atoms with E-state index < -0.39 is 7.60 Å². The minimum absolute atomic E-state index is 0.114. The van der Waals surface area contributed by atoms with E-state index in [9.17, 15) is 9.36 Å². The molecule has 0 aliphatic carbocycles. The Balaban J connectivity index is 2.89. The third-order valence-corrected chi connectivity index (χ3v) is 2.35. The van der Waals surface area contributed by atoms with Gasteiger partial charge in [-0.2, -0.15) is 5.06 Å². The fourth-order valence-electron chi connectivity index (χ4n) is 0.879. The molecule has 0 unspecified atom stereocenters. The van der Waals surface area contributed by atoms with Crippen LogP contribution in [0.3, 0.4) is 0 Å². The maximum Gasteiger partial charge on any atom is 0.375 e. The van der Waals surface area contributed by atoms with Crippen molar-refractivity contribution < 1.29 is 24.0 Å². The fraction of sp³-hybridized carbons (Fsp3) is 0.167. The Kier molecular flexibility index (Phi) is 2.87. The second-order valence-corrected chi connectivity index (χ2v) is 3.81. The summed E-state index contributed by atoms with van der Waals surface area (Å²) in [4.78, 5) is 32.0. The van der Waals surface area contributed by atoms with Gasteiger partial charge < -0.3 is 14.6 Å². The highest BCUT2D eigenvalue weighted by Gasteiger charge is 2.28. The molecular formula is C6H8NO5P. The van der Waals surface area contributed by atoms with Gasteiger partial charge in [0.2, 0.25) is 0 Å². The summed E-state index contributed by atoms with van der Waals surface area (Å²) in [6.07, 6.45) is 4.29. The van der Waals surface area contributed by atoms with E-state index in [-0.39, 0.29) is 18.5 Å². The van der Waals surface area contributed by atoms with E-state index in [1.807, 2.05) is 0 Å². The van der Waals surface area contributed by atoms with E-state index in [2.05, 4.69) is 4.84 Å². The Morgan fingerprint density at radius 1 is 1.62 bits per heavy atom. The summed E-state index contributed by atoms with van der Waals surface area (Å²) in [5.41, 5.74) is -0.317. The Morgan fingerprint density at radius 3 is 2.85 bits per heavy atom. The molecule has 0 saturated carbocycles. The highest BCUT2D eigenvalue weighted by Crippen LogP contribution is 2.47. The van der Waals surface area contributed by atoms with Gasteiger partial charge in [0.1, 0.15) is 0 Å². The van der Waals surface area contributed by atoms with Crippen LogP contribution in [-0.2, 0) is 14.2 Å². The van der Waals surface area contributed by atoms with E-state index in [0.29, 0.717) is 0 Å². The number of rotatable bonds is 3. The molecule has 1 aliphatic heterocycles. The molecule has 7 heteroatoms. The van der Waals surface area contributed by atoms with Crippen molar-refractivity contribution in [3.63, 3.8) is 0 Å². The normalized spacial score (nSPS) is 16.8. The van der Waals surface area contributed by atoms with Crippen LogP contribution in [-0.4, -0.2) is 27.9 Å². The van der Waals surface area contributed by atoms with Crippen molar-refractivity contribution >= 4 is 14.1 Å². The van der Waals surface area contributed by atoms with Crippen molar-refractivity contribution in [1.29, 1.82) is 0 Å². The zero-order chi connectivity index (χ0) is 9.90. The number of hydrogen-bond donors (Lipinski definition) is 2. The topological polar surface area (TPSA) is 87.1 Å². The molecule has 13 heavy (non-hydrogen) atoms. The molecule has 0 bridgehead atoms. The maximum absolute atomic E-state index is 10.8. The molecule has 1 aliphatic rings. The summed E-state index contributed by atoms with van der Waals surface area (Å²) in [6, 6.07) is 0. The van der Waals surface area contributed by atoms with Crippen LogP contribution in [0.25, 0.3) is 0 Å². The van der Waals surface area contributed by atoms with Crippen molar-refractivity contribution in [1.82, 2.24) is 5.06 Å². The summed E-state index contributed by atoms with van der Waals surface area (Å²) in [5.74, 6) is 0. The second kappa shape index (κ2) is 3.74. The van der Waals surface area contributed by atoms with Crippen molar-refractivity contribution in [2.24, 2.45) is 0 Å². The van der Waals surface area contributed by atoms with E-state index in [1.165, 1.54) is 12.2 Å². The predicted molar refractivity (Wildman–Crippen MR) is 43.1 cm³/mol. The average Bonchev–Trinajstić information content (AvgIpc) is 2.04. The minimum atomic E-state index is -4.38. The van der Waals surface area contributed by atoms with Crippen molar-refractivity contribution in [2.75, 3.05) is 6.54 Å². The first-order valence-corrected chi connectivity index (χ1v) is 4.98. The average molecular weight is 205 g/mol. The second-order valence-electron chi connectivity index (χ2n) is 2.26. The van der Waals surface area contributed by atoms with Gasteiger partial charge in [-0.15, -0.1) is 0 Å². The van der Waals surface area contributed by atoms with Gasteiger partial charge in [-0.3, -0.25) is 9.36 Å². The van der Waals surface area contributed by atoms with Crippen LogP contribution < -0.4 is 0 Å². The molecule has 1 heterocycles. The molecule has 1 rings (SSSR count). The van der Waals surface area contributed by atoms with E-state index in [1.54, 1.807) is 6.08 Å². The molecule has 2 N–H and O–H groups in total. The number of nitrogens with zero attached hydrogens (tertiary/aromatic N) is 1. The number of allylic oxidation sites excluding steroid dienone is 2. The van der Waals surface area contributed by atoms with Crippen LogP contribution in [0.15, 0.2) is 23.7 Å². The van der Waals surface area contributed by atoms with Crippen LogP contribution >= 0.6 is 7.60 Å². The standard InChI is InChI=1S/C6H8NO5P/c8-5-12-7-4-2-1-3-6(7)13(9,10)11/h1-3,5H,4H2,(H2,9,10,11). The molecular weight excluding hydrogens is 197 g/mol. The van der Waals surface area contributed by atoms with Gasteiger partial charge in [-0.05, 0) is 6.08 Å². The minimum Gasteiger partial charge on any atom is -0.344 e. The summed E-state index contributed by atoms with van der Waals surface area (Å²) in [6.45, 7) is 0.248. The molecule has 6 nitrogen and oxygen atoms in total. The molecule has 0 aromatic heterocycles. The van der Waals surface area contributed by atoms with Crippen molar-refractivity contribution in [2.45, 2.75) is 0 Å². The van der Waals surface area contributed by atoms with Crippen LogP contribution in [0, 0.1) is 0 Å². The van der Waals surface area contributed by atoms with Crippen LogP contribution in [0.5, 0.6) is 0 Å². The van der Waals surface area contributed by atoms with Crippen LogP contribution in [0.2, 0.25) is 0 Å². The first-order chi connectivity index (χ1) is 6.05. The van der Waals surface area contributed by atoms with Gasteiger partial charge in [0.15, 0.2) is 5.44 Å². The van der Waals surface area contributed by atoms with Crippen molar-refractivity contribution in [3.8, 4) is 0 Å². The molecule has 0 spiro atoms. The monoisotopic (exact) mass is 205 g/mol. The summed E-state index contributed by atoms with van der Waals surface area (Å²) >= 11 is 0. The van der Waals surface area contributed by atoms with E-state index in [4.69, 9.17) is 9.79 Å². The SMILES string of the molecule is O=CON1CC=CC=C1P(=O)(O)O. The molecule has 72 valence electrons. The zero-order valence-corrected chi connectivity index (χ0v) is 7.42. The lowest BCUT2D eigenvalue weighted by atomic mass is 10.4.